The lowest BCUT2D eigenvalue weighted by atomic mass is 9.74. The molecular formula is C19H24N2O4. The van der Waals surface area contributed by atoms with Crippen molar-refractivity contribution in [2.24, 2.45) is 0 Å². The van der Waals surface area contributed by atoms with Crippen LogP contribution in [0.2, 0.25) is 0 Å². The highest BCUT2D eigenvalue weighted by molar-refractivity contribution is 5.69. The van der Waals surface area contributed by atoms with Gasteiger partial charge in [0.25, 0.3) is 0 Å². The zero-order chi connectivity index (χ0) is 17.9. The van der Waals surface area contributed by atoms with Gasteiger partial charge in [0.1, 0.15) is 0 Å². The molecule has 0 amide bonds. The maximum Gasteiger partial charge on any atom is 0.317 e. The molecule has 6 nitrogen and oxygen atoms in total. The van der Waals surface area contributed by atoms with Gasteiger partial charge < -0.3 is 14.6 Å². The zero-order valence-corrected chi connectivity index (χ0v) is 14.5. The van der Waals surface area contributed by atoms with Crippen molar-refractivity contribution in [2.75, 3.05) is 26.7 Å². The number of carboxylic acids is 1. The fourth-order valence-electron chi connectivity index (χ4n) is 3.48. The Hall–Kier alpha value is -2.26. The smallest absolute Gasteiger partial charge is 0.317 e. The Morgan fingerprint density at radius 2 is 2.08 bits per heavy atom. The SMILES string of the molecule is COc1ccc(C2(C#N)CCN(CC(=O)O)CC2)cc1OC1CCC1. The summed E-state index contributed by atoms with van der Waals surface area (Å²) in [5.41, 5.74) is 0.332. The molecule has 0 aromatic heterocycles. The molecule has 0 bridgehead atoms. The Bertz CT molecular complexity index is 670. The van der Waals surface area contributed by atoms with Crippen LogP contribution in [0, 0.1) is 11.3 Å². The van der Waals surface area contributed by atoms with Crippen molar-refractivity contribution >= 4 is 5.97 Å². The number of nitriles is 1. The van der Waals surface area contributed by atoms with E-state index in [-0.39, 0.29) is 12.6 Å². The number of piperidine rings is 1. The van der Waals surface area contributed by atoms with E-state index in [4.69, 9.17) is 14.6 Å². The number of methoxy groups -OCH3 is 1. The molecule has 25 heavy (non-hydrogen) atoms. The first-order valence-corrected chi connectivity index (χ1v) is 8.77. The Kier molecular flexibility index (Phi) is 5.14. The molecule has 1 aliphatic carbocycles. The van der Waals surface area contributed by atoms with Crippen LogP contribution < -0.4 is 9.47 Å². The minimum Gasteiger partial charge on any atom is -0.493 e. The van der Waals surface area contributed by atoms with Crippen molar-refractivity contribution in [3.63, 3.8) is 0 Å². The number of carbonyl (C=O) groups is 1. The summed E-state index contributed by atoms with van der Waals surface area (Å²) in [5, 5.41) is 18.8. The van der Waals surface area contributed by atoms with E-state index in [9.17, 15) is 10.1 Å². The van der Waals surface area contributed by atoms with Crippen LogP contribution in [0.15, 0.2) is 18.2 Å². The number of benzene rings is 1. The second-order valence-corrected chi connectivity index (χ2v) is 6.90. The predicted octanol–water partition coefficient (Wildman–Crippen LogP) is 2.57. The van der Waals surface area contributed by atoms with E-state index in [2.05, 4.69) is 6.07 Å². The van der Waals surface area contributed by atoms with E-state index in [1.807, 2.05) is 23.1 Å². The van der Waals surface area contributed by atoms with Crippen molar-refractivity contribution in [3.05, 3.63) is 23.8 Å². The van der Waals surface area contributed by atoms with Gasteiger partial charge in [0, 0.05) is 13.1 Å². The Morgan fingerprint density at radius 1 is 1.36 bits per heavy atom. The van der Waals surface area contributed by atoms with Crippen LogP contribution in [-0.2, 0) is 10.2 Å². The highest BCUT2D eigenvalue weighted by atomic mass is 16.5. The summed E-state index contributed by atoms with van der Waals surface area (Å²) in [6.07, 6.45) is 4.77. The first kappa shape index (κ1) is 17.6. The van der Waals surface area contributed by atoms with Gasteiger partial charge in [-0.25, -0.2) is 0 Å². The molecule has 1 aromatic rings. The summed E-state index contributed by atoms with van der Waals surface area (Å²) in [6, 6.07) is 8.22. The maximum atomic E-state index is 10.9. The molecule has 0 atom stereocenters. The fraction of sp³-hybridized carbons (Fsp3) is 0.579. The molecule has 1 aromatic carbocycles. The second-order valence-electron chi connectivity index (χ2n) is 6.90. The number of aliphatic carboxylic acids is 1. The van der Waals surface area contributed by atoms with Gasteiger partial charge in [-0.1, -0.05) is 6.07 Å². The molecular weight excluding hydrogens is 320 g/mol. The molecule has 6 heteroatoms. The molecule has 1 saturated heterocycles. The lowest BCUT2D eigenvalue weighted by Crippen LogP contribution is -2.43. The van der Waals surface area contributed by atoms with Gasteiger partial charge in [0.05, 0.1) is 31.2 Å². The quantitative estimate of drug-likeness (QED) is 0.854. The highest BCUT2D eigenvalue weighted by Gasteiger charge is 2.37. The largest absolute Gasteiger partial charge is 0.493 e. The summed E-state index contributed by atoms with van der Waals surface area (Å²) >= 11 is 0. The Labute approximate surface area is 147 Å². The number of likely N-dealkylation sites (tertiary alicyclic amines) is 1. The third-order valence-corrected chi connectivity index (χ3v) is 5.34. The first-order chi connectivity index (χ1) is 12.1. The van der Waals surface area contributed by atoms with E-state index in [1.165, 1.54) is 6.42 Å². The van der Waals surface area contributed by atoms with Gasteiger partial charge >= 0.3 is 5.97 Å². The van der Waals surface area contributed by atoms with Crippen LogP contribution in [0.1, 0.15) is 37.7 Å². The van der Waals surface area contributed by atoms with E-state index >= 15 is 0 Å². The molecule has 2 aliphatic rings. The number of hydrogen-bond donors (Lipinski definition) is 1. The normalized spacial score (nSPS) is 20.3. The van der Waals surface area contributed by atoms with Crippen molar-refractivity contribution in [1.29, 1.82) is 5.26 Å². The summed E-state index contributed by atoms with van der Waals surface area (Å²) in [5.74, 6) is 0.560. The van der Waals surface area contributed by atoms with Crippen LogP contribution in [0.4, 0.5) is 0 Å². The molecule has 1 aliphatic heterocycles. The first-order valence-electron chi connectivity index (χ1n) is 8.77. The van der Waals surface area contributed by atoms with Crippen LogP contribution in [-0.4, -0.2) is 48.8 Å². The Balaban J connectivity index is 1.80. The molecule has 2 fully saturated rings. The summed E-state index contributed by atoms with van der Waals surface area (Å²) in [7, 11) is 1.62. The van der Waals surface area contributed by atoms with Crippen molar-refractivity contribution in [3.8, 4) is 17.6 Å². The molecule has 0 spiro atoms. The number of ether oxygens (including phenoxy) is 2. The van der Waals surface area contributed by atoms with Gasteiger partial charge in [-0.3, -0.25) is 9.69 Å². The molecule has 0 radical (unpaired) electrons. The standard InChI is InChI=1S/C19H24N2O4/c1-24-16-6-5-14(11-17(16)25-15-3-2-4-15)19(13-20)7-9-21(10-8-19)12-18(22)23/h5-6,11,15H,2-4,7-10,12H2,1H3,(H,22,23). The van der Waals surface area contributed by atoms with Gasteiger partial charge in [0.2, 0.25) is 0 Å². The van der Waals surface area contributed by atoms with Crippen molar-refractivity contribution in [1.82, 2.24) is 4.90 Å². The summed E-state index contributed by atoms with van der Waals surface area (Å²) in [4.78, 5) is 12.8. The van der Waals surface area contributed by atoms with Crippen molar-refractivity contribution < 1.29 is 19.4 Å². The van der Waals surface area contributed by atoms with Gasteiger partial charge in [-0.05, 0) is 49.8 Å². The van der Waals surface area contributed by atoms with Crippen molar-refractivity contribution in [2.45, 2.75) is 43.6 Å². The van der Waals surface area contributed by atoms with Crippen LogP contribution >= 0.6 is 0 Å². The van der Waals surface area contributed by atoms with E-state index in [0.29, 0.717) is 37.4 Å². The number of hydrogen-bond acceptors (Lipinski definition) is 5. The zero-order valence-electron chi connectivity index (χ0n) is 14.5. The fourth-order valence-corrected chi connectivity index (χ4v) is 3.48. The molecule has 134 valence electrons. The van der Waals surface area contributed by atoms with Gasteiger partial charge in [0.15, 0.2) is 11.5 Å². The summed E-state index contributed by atoms with van der Waals surface area (Å²) in [6.45, 7) is 1.23. The highest BCUT2D eigenvalue weighted by Crippen LogP contribution is 2.40. The van der Waals surface area contributed by atoms with Crippen LogP contribution in [0.25, 0.3) is 0 Å². The number of nitrogens with zero attached hydrogens (tertiary/aromatic N) is 2. The number of rotatable bonds is 6. The van der Waals surface area contributed by atoms with E-state index in [1.54, 1.807) is 7.11 Å². The maximum absolute atomic E-state index is 10.9. The average molecular weight is 344 g/mol. The van der Waals surface area contributed by atoms with Gasteiger partial charge in [-0.2, -0.15) is 5.26 Å². The third kappa shape index (κ3) is 3.72. The minimum absolute atomic E-state index is 0.0279. The second kappa shape index (κ2) is 7.32. The number of carboxylic acid groups (broad SMARTS) is 1. The monoisotopic (exact) mass is 344 g/mol. The predicted molar refractivity (Wildman–Crippen MR) is 91.9 cm³/mol. The molecule has 1 N–H and O–H groups in total. The minimum atomic E-state index is -0.829. The average Bonchev–Trinajstić information content (AvgIpc) is 2.58. The Morgan fingerprint density at radius 3 is 2.60 bits per heavy atom. The molecule has 0 unspecified atom stereocenters. The summed E-state index contributed by atoms with van der Waals surface area (Å²) < 4.78 is 11.4. The van der Waals surface area contributed by atoms with Crippen LogP contribution in [0.5, 0.6) is 11.5 Å². The van der Waals surface area contributed by atoms with Gasteiger partial charge in [-0.15, -0.1) is 0 Å². The molecule has 1 heterocycles. The molecule has 3 rings (SSSR count). The van der Waals surface area contributed by atoms with E-state index in [0.717, 1.165) is 18.4 Å². The molecule has 1 saturated carbocycles. The van der Waals surface area contributed by atoms with E-state index < -0.39 is 11.4 Å². The van der Waals surface area contributed by atoms with Crippen LogP contribution in [0.3, 0.4) is 0 Å². The lowest BCUT2D eigenvalue weighted by molar-refractivity contribution is -0.138. The topological polar surface area (TPSA) is 82.8 Å². The lowest BCUT2D eigenvalue weighted by Gasteiger charge is -2.37. The third-order valence-electron chi connectivity index (χ3n) is 5.34.